The molecule has 0 aliphatic rings. The first-order chi connectivity index (χ1) is 14.8. The van der Waals surface area contributed by atoms with Gasteiger partial charge in [-0.05, 0) is 46.5 Å². The fourth-order valence-electron chi connectivity index (χ4n) is 3.34. The van der Waals surface area contributed by atoms with Crippen LogP contribution in [0.15, 0.2) is 85.7 Å². The highest BCUT2D eigenvalue weighted by Gasteiger charge is 2.22. The van der Waals surface area contributed by atoms with Crippen LogP contribution in [-0.4, -0.2) is 30.3 Å². The lowest BCUT2D eigenvalue weighted by Crippen LogP contribution is -2.00. The van der Waals surface area contributed by atoms with E-state index in [-0.39, 0.29) is 0 Å². The number of aliphatic hydroxyl groups is 1. The second-order valence-corrected chi connectivity index (χ2v) is 7.79. The van der Waals surface area contributed by atoms with Crippen molar-refractivity contribution in [2.45, 2.75) is 6.10 Å². The van der Waals surface area contributed by atoms with Crippen molar-refractivity contribution in [1.82, 2.24) is 25.1 Å². The van der Waals surface area contributed by atoms with E-state index in [2.05, 4.69) is 25.1 Å². The summed E-state index contributed by atoms with van der Waals surface area (Å²) in [4.78, 5) is 13.2. The number of rotatable bonds is 5. The van der Waals surface area contributed by atoms with Crippen LogP contribution in [0.4, 0.5) is 0 Å². The Morgan fingerprint density at radius 2 is 1.70 bits per heavy atom. The third kappa shape index (κ3) is 3.52. The summed E-state index contributed by atoms with van der Waals surface area (Å²) in [5.41, 5.74) is 4.73. The van der Waals surface area contributed by atoms with Crippen molar-refractivity contribution >= 4 is 11.3 Å². The summed E-state index contributed by atoms with van der Waals surface area (Å²) < 4.78 is 0. The van der Waals surface area contributed by atoms with E-state index in [1.165, 1.54) is 0 Å². The topological polar surface area (TPSA) is 87.6 Å². The smallest absolute Gasteiger partial charge is 0.171 e. The van der Waals surface area contributed by atoms with Gasteiger partial charge in [0.25, 0.3) is 0 Å². The van der Waals surface area contributed by atoms with Gasteiger partial charge in [-0.2, -0.15) is 0 Å². The molecule has 0 bridgehead atoms. The van der Waals surface area contributed by atoms with Crippen molar-refractivity contribution in [3.63, 3.8) is 0 Å². The van der Waals surface area contributed by atoms with Crippen molar-refractivity contribution in [1.29, 1.82) is 0 Å². The molecule has 6 nitrogen and oxygen atoms in total. The molecule has 2 N–H and O–H groups in total. The Kier molecular flexibility index (Phi) is 4.88. The van der Waals surface area contributed by atoms with Gasteiger partial charge in [0.15, 0.2) is 5.82 Å². The first kappa shape index (κ1) is 18.4. The van der Waals surface area contributed by atoms with Gasteiger partial charge in [0.2, 0.25) is 0 Å². The fourth-order valence-corrected chi connectivity index (χ4v) is 4.48. The van der Waals surface area contributed by atoms with Crippen molar-refractivity contribution in [3.8, 4) is 32.3 Å². The molecule has 0 spiro atoms. The lowest BCUT2D eigenvalue weighted by Gasteiger charge is -2.12. The Bertz CT molecular complexity index is 1240. The Morgan fingerprint density at radius 3 is 2.40 bits per heavy atom. The molecule has 146 valence electrons. The lowest BCUT2D eigenvalue weighted by molar-refractivity contribution is 0.221. The number of nitrogens with zero attached hydrogens (tertiary/aromatic N) is 4. The number of aromatic nitrogens is 5. The zero-order valence-electron chi connectivity index (χ0n) is 15.8. The molecule has 1 aromatic carbocycles. The third-order valence-electron chi connectivity index (χ3n) is 4.87. The number of hydrogen-bond acceptors (Lipinski definition) is 6. The van der Waals surface area contributed by atoms with Crippen molar-refractivity contribution < 1.29 is 5.11 Å². The molecule has 4 aromatic heterocycles. The van der Waals surface area contributed by atoms with Crippen molar-refractivity contribution in [2.75, 3.05) is 0 Å². The Hall–Kier alpha value is -3.68. The van der Waals surface area contributed by atoms with Gasteiger partial charge in [0.05, 0.1) is 4.88 Å². The number of thiophene rings is 1. The summed E-state index contributed by atoms with van der Waals surface area (Å²) in [7, 11) is 0. The van der Waals surface area contributed by atoms with Gasteiger partial charge in [0, 0.05) is 35.2 Å². The van der Waals surface area contributed by atoms with E-state index in [0.717, 1.165) is 37.6 Å². The zero-order valence-corrected chi connectivity index (χ0v) is 16.6. The third-order valence-corrected chi connectivity index (χ3v) is 6.08. The van der Waals surface area contributed by atoms with Crippen LogP contribution in [0, 0.1) is 0 Å². The fraction of sp³-hybridized carbons (Fsp3) is 0.0435. The summed E-state index contributed by atoms with van der Waals surface area (Å²) in [6, 6.07) is 17.7. The average Bonchev–Trinajstić information content (AvgIpc) is 3.50. The van der Waals surface area contributed by atoms with E-state index in [9.17, 15) is 5.11 Å². The molecule has 0 fully saturated rings. The summed E-state index contributed by atoms with van der Waals surface area (Å²) in [6.45, 7) is 0. The molecule has 4 heterocycles. The number of aromatic amines is 1. The molecule has 30 heavy (non-hydrogen) atoms. The van der Waals surface area contributed by atoms with Crippen LogP contribution in [-0.2, 0) is 0 Å². The molecule has 5 rings (SSSR count). The molecule has 0 saturated heterocycles. The van der Waals surface area contributed by atoms with Crippen LogP contribution in [0.25, 0.3) is 32.3 Å². The molecular formula is C23H17N5OS. The van der Waals surface area contributed by atoms with E-state index in [1.807, 2.05) is 60.8 Å². The number of pyridine rings is 2. The SMILES string of the molecule is OC(c1ccc(-c2cccnc2)cc1)c1cc(-c2ccncc2)sc1-c1nnc[nH]1. The maximum Gasteiger partial charge on any atom is 0.171 e. The molecule has 0 amide bonds. The standard InChI is InChI=1S/C23H17N5OS/c29-21(17-5-3-15(4-6-17)18-2-1-9-25-13-18)19-12-20(16-7-10-24-11-8-16)30-22(19)23-26-14-27-28-23/h1-14,21,29H,(H,26,27,28). The van der Waals surface area contributed by atoms with Crippen LogP contribution < -0.4 is 0 Å². The van der Waals surface area contributed by atoms with E-state index < -0.39 is 6.10 Å². The quantitative estimate of drug-likeness (QED) is 0.436. The first-order valence-corrected chi connectivity index (χ1v) is 10.2. The monoisotopic (exact) mass is 411 g/mol. The first-order valence-electron chi connectivity index (χ1n) is 9.38. The van der Waals surface area contributed by atoms with Crippen LogP contribution in [0.3, 0.4) is 0 Å². The van der Waals surface area contributed by atoms with E-state index >= 15 is 0 Å². The number of aliphatic hydroxyl groups excluding tert-OH is 1. The Labute approximate surface area is 177 Å². The number of hydrogen-bond donors (Lipinski definition) is 2. The Balaban J connectivity index is 1.53. The van der Waals surface area contributed by atoms with Crippen LogP contribution >= 0.6 is 11.3 Å². The molecule has 7 heteroatoms. The van der Waals surface area contributed by atoms with E-state index in [1.54, 1.807) is 36.3 Å². The normalized spacial score (nSPS) is 12.0. The van der Waals surface area contributed by atoms with E-state index in [0.29, 0.717) is 5.82 Å². The lowest BCUT2D eigenvalue weighted by atomic mass is 9.98. The van der Waals surface area contributed by atoms with Crippen molar-refractivity contribution in [2.24, 2.45) is 0 Å². The predicted molar refractivity (Wildman–Crippen MR) is 117 cm³/mol. The number of H-pyrrole nitrogens is 1. The van der Waals surface area contributed by atoms with Gasteiger partial charge in [-0.15, -0.1) is 21.5 Å². The number of nitrogens with one attached hydrogen (secondary N) is 1. The second-order valence-electron chi connectivity index (χ2n) is 6.73. The largest absolute Gasteiger partial charge is 0.384 e. The minimum atomic E-state index is -0.792. The number of benzene rings is 1. The van der Waals surface area contributed by atoms with E-state index in [4.69, 9.17) is 0 Å². The molecule has 0 saturated carbocycles. The van der Waals surface area contributed by atoms with Crippen LogP contribution in [0.5, 0.6) is 0 Å². The maximum atomic E-state index is 11.2. The second kappa shape index (κ2) is 7.98. The van der Waals surface area contributed by atoms with Crippen molar-refractivity contribution in [3.05, 3.63) is 96.8 Å². The highest BCUT2D eigenvalue weighted by molar-refractivity contribution is 7.19. The predicted octanol–water partition coefficient (Wildman–Crippen LogP) is 4.74. The summed E-state index contributed by atoms with van der Waals surface area (Å²) in [5.74, 6) is 0.640. The molecular weight excluding hydrogens is 394 g/mol. The summed E-state index contributed by atoms with van der Waals surface area (Å²) >= 11 is 1.56. The average molecular weight is 411 g/mol. The highest BCUT2D eigenvalue weighted by Crippen LogP contribution is 2.41. The van der Waals surface area contributed by atoms with Crippen LogP contribution in [0.1, 0.15) is 17.2 Å². The summed E-state index contributed by atoms with van der Waals surface area (Å²) in [5, 5.41) is 19.3. The minimum Gasteiger partial charge on any atom is -0.384 e. The molecule has 5 aromatic rings. The summed E-state index contributed by atoms with van der Waals surface area (Å²) in [6.07, 6.45) is 7.85. The van der Waals surface area contributed by atoms with Gasteiger partial charge in [0.1, 0.15) is 12.4 Å². The van der Waals surface area contributed by atoms with Gasteiger partial charge >= 0.3 is 0 Å². The zero-order chi connectivity index (χ0) is 20.3. The molecule has 1 atom stereocenters. The van der Waals surface area contributed by atoms with Gasteiger partial charge in [-0.1, -0.05) is 30.3 Å². The highest BCUT2D eigenvalue weighted by atomic mass is 32.1. The minimum absolute atomic E-state index is 0.640. The molecule has 0 aliphatic carbocycles. The molecule has 1 unspecified atom stereocenters. The Morgan fingerprint density at radius 1 is 0.867 bits per heavy atom. The molecule has 0 radical (unpaired) electrons. The van der Waals surface area contributed by atoms with Gasteiger partial charge in [-0.25, -0.2) is 0 Å². The maximum absolute atomic E-state index is 11.2. The van der Waals surface area contributed by atoms with Gasteiger partial charge in [-0.3, -0.25) is 9.97 Å². The van der Waals surface area contributed by atoms with Gasteiger partial charge < -0.3 is 10.1 Å². The van der Waals surface area contributed by atoms with Crippen LogP contribution in [0.2, 0.25) is 0 Å². The molecule has 0 aliphatic heterocycles.